The number of Topliss-reactive ketones (excluding diaryl/α,β-unsaturated/α-hetero) is 1. The Bertz CT molecular complexity index is 397. The van der Waals surface area contributed by atoms with E-state index in [2.05, 4.69) is 22.9 Å². The van der Waals surface area contributed by atoms with Crippen LogP contribution in [0.5, 0.6) is 0 Å². The Balaban J connectivity index is 2.17. The van der Waals surface area contributed by atoms with Crippen LogP contribution in [0.4, 0.5) is 5.69 Å². The van der Waals surface area contributed by atoms with Gasteiger partial charge in [-0.15, -0.1) is 0 Å². The smallest absolute Gasteiger partial charge is 0.162 e. The largest absolute Gasteiger partial charge is 0.399 e. The van der Waals surface area contributed by atoms with Crippen molar-refractivity contribution < 1.29 is 4.79 Å². The molecule has 112 valence electrons. The van der Waals surface area contributed by atoms with Crippen LogP contribution in [0.25, 0.3) is 0 Å². The first-order valence-corrected chi connectivity index (χ1v) is 8.52. The van der Waals surface area contributed by atoms with Crippen molar-refractivity contribution in [3.8, 4) is 0 Å². The second-order valence-electron chi connectivity index (χ2n) is 5.42. The van der Waals surface area contributed by atoms with Gasteiger partial charge < -0.3 is 5.73 Å². The van der Waals surface area contributed by atoms with Crippen molar-refractivity contribution in [1.82, 2.24) is 0 Å². The first-order chi connectivity index (χ1) is 9.63. The first-order valence-electron chi connectivity index (χ1n) is 7.72. The van der Waals surface area contributed by atoms with Crippen LogP contribution in [0.15, 0.2) is 22.7 Å². The van der Waals surface area contributed by atoms with Crippen LogP contribution in [0.2, 0.25) is 0 Å². The van der Waals surface area contributed by atoms with Gasteiger partial charge in [-0.2, -0.15) is 0 Å². The van der Waals surface area contributed by atoms with E-state index in [-0.39, 0.29) is 5.78 Å². The van der Waals surface area contributed by atoms with E-state index in [0.717, 1.165) is 22.9 Å². The average Bonchev–Trinajstić information content (AvgIpc) is 2.40. The lowest BCUT2D eigenvalue weighted by molar-refractivity contribution is 0.0979. The van der Waals surface area contributed by atoms with Crippen LogP contribution >= 0.6 is 15.9 Å². The number of rotatable bonds is 10. The van der Waals surface area contributed by atoms with Gasteiger partial charge in [0.25, 0.3) is 0 Å². The van der Waals surface area contributed by atoms with E-state index >= 15 is 0 Å². The highest BCUT2D eigenvalue weighted by Gasteiger charge is 2.07. The lowest BCUT2D eigenvalue weighted by Crippen LogP contribution is -2.00. The first kappa shape index (κ1) is 17.2. The summed E-state index contributed by atoms with van der Waals surface area (Å²) < 4.78 is 0.872. The Kier molecular flexibility index (Phi) is 8.59. The van der Waals surface area contributed by atoms with Gasteiger partial charge in [0.2, 0.25) is 0 Å². The molecule has 2 N–H and O–H groups in total. The van der Waals surface area contributed by atoms with E-state index in [1.165, 1.54) is 38.5 Å². The maximum absolute atomic E-state index is 12.0. The highest BCUT2D eigenvalue weighted by atomic mass is 79.9. The van der Waals surface area contributed by atoms with Crippen molar-refractivity contribution in [2.45, 2.75) is 64.7 Å². The van der Waals surface area contributed by atoms with Gasteiger partial charge in [-0.3, -0.25) is 4.79 Å². The fourth-order valence-corrected chi connectivity index (χ4v) is 2.85. The standard InChI is InChI=1S/C17H26BrNO/c1-2-3-4-5-6-7-8-9-10-17(20)14-11-15(18)13-16(19)12-14/h11-13H,2-10,19H2,1H3. The molecule has 0 aliphatic carbocycles. The number of benzene rings is 1. The van der Waals surface area contributed by atoms with Crippen molar-refractivity contribution in [1.29, 1.82) is 0 Å². The number of nitrogen functional groups attached to an aromatic ring is 1. The molecule has 1 aromatic carbocycles. The summed E-state index contributed by atoms with van der Waals surface area (Å²) in [5.74, 6) is 0.198. The van der Waals surface area contributed by atoms with Crippen molar-refractivity contribution in [2.24, 2.45) is 0 Å². The molecule has 0 fully saturated rings. The number of halogens is 1. The van der Waals surface area contributed by atoms with Crippen LogP contribution in [0.3, 0.4) is 0 Å². The van der Waals surface area contributed by atoms with Gasteiger partial charge in [-0.1, -0.05) is 67.8 Å². The van der Waals surface area contributed by atoms with Crippen LogP contribution < -0.4 is 5.73 Å². The zero-order valence-corrected chi connectivity index (χ0v) is 14.0. The molecule has 20 heavy (non-hydrogen) atoms. The molecule has 0 unspecified atom stereocenters. The third kappa shape index (κ3) is 7.09. The van der Waals surface area contributed by atoms with E-state index in [1.54, 1.807) is 6.07 Å². The molecule has 0 saturated carbocycles. The Morgan fingerprint density at radius 3 is 2.20 bits per heavy atom. The van der Waals surface area contributed by atoms with E-state index in [9.17, 15) is 4.79 Å². The summed E-state index contributed by atoms with van der Waals surface area (Å²) in [4.78, 5) is 12.0. The number of carbonyl (C=O) groups is 1. The van der Waals surface area contributed by atoms with Gasteiger partial charge in [0.1, 0.15) is 0 Å². The van der Waals surface area contributed by atoms with Crippen LogP contribution in [-0.2, 0) is 0 Å². The van der Waals surface area contributed by atoms with Crippen molar-refractivity contribution in [3.63, 3.8) is 0 Å². The summed E-state index contributed by atoms with van der Waals surface area (Å²) in [6.45, 7) is 2.24. The SMILES string of the molecule is CCCCCCCCCCC(=O)c1cc(N)cc(Br)c1. The third-order valence-corrected chi connectivity index (χ3v) is 3.96. The van der Waals surface area contributed by atoms with Gasteiger partial charge in [-0.05, 0) is 24.6 Å². The van der Waals surface area contributed by atoms with E-state index < -0.39 is 0 Å². The molecule has 0 aliphatic heterocycles. The minimum absolute atomic E-state index is 0.198. The molecule has 3 heteroatoms. The van der Waals surface area contributed by atoms with Crippen molar-refractivity contribution >= 4 is 27.4 Å². The summed E-state index contributed by atoms with van der Waals surface area (Å²) in [7, 11) is 0. The van der Waals surface area contributed by atoms with E-state index in [1.807, 2.05) is 12.1 Å². The lowest BCUT2D eigenvalue weighted by Gasteiger charge is -2.04. The summed E-state index contributed by atoms with van der Waals surface area (Å²) in [5.41, 5.74) is 7.11. The quantitative estimate of drug-likeness (QED) is 0.335. The molecule has 0 saturated heterocycles. The topological polar surface area (TPSA) is 43.1 Å². The van der Waals surface area contributed by atoms with Gasteiger partial charge in [0, 0.05) is 22.1 Å². The molecular formula is C17H26BrNO. The Labute approximate surface area is 131 Å². The predicted molar refractivity (Wildman–Crippen MR) is 90.1 cm³/mol. The summed E-state index contributed by atoms with van der Waals surface area (Å²) >= 11 is 3.37. The number of ketones is 1. The molecule has 0 radical (unpaired) electrons. The average molecular weight is 340 g/mol. The highest BCUT2D eigenvalue weighted by Crippen LogP contribution is 2.19. The van der Waals surface area contributed by atoms with Gasteiger partial charge in [0.15, 0.2) is 5.78 Å². The summed E-state index contributed by atoms with van der Waals surface area (Å²) in [6, 6.07) is 5.42. The number of hydrogen-bond acceptors (Lipinski definition) is 2. The zero-order valence-electron chi connectivity index (χ0n) is 12.5. The van der Waals surface area contributed by atoms with Crippen LogP contribution in [0, 0.1) is 0 Å². The molecule has 0 aromatic heterocycles. The Hall–Kier alpha value is -0.830. The fourth-order valence-electron chi connectivity index (χ4n) is 2.34. The van der Waals surface area contributed by atoms with Gasteiger partial charge >= 0.3 is 0 Å². The number of nitrogens with two attached hydrogens (primary N) is 1. The maximum atomic E-state index is 12.0. The van der Waals surface area contributed by atoms with E-state index in [4.69, 9.17) is 5.73 Å². The summed E-state index contributed by atoms with van der Waals surface area (Å²) in [5, 5.41) is 0. The molecule has 0 atom stereocenters. The van der Waals surface area contributed by atoms with Crippen molar-refractivity contribution in [3.05, 3.63) is 28.2 Å². The lowest BCUT2D eigenvalue weighted by atomic mass is 10.0. The number of hydrogen-bond donors (Lipinski definition) is 1. The van der Waals surface area contributed by atoms with E-state index in [0.29, 0.717) is 12.1 Å². The minimum Gasteiger partial charge on any atom is -0.399 e. The van der Waals surface area contributed by atoms with Crippen LogP contribution in [0.1, 0.15) is 75.1 Å². The normalized spacial score (nSPS) is 10.7. The molecule has 1 rings (SSSR count). The molecule has 0 bridgehead atoms. The van der Waals surface area contributed by atoms with Crippen molar-refractivity contribution in [2.75, 3.05) is 5.73 Å². The van der Waals surface area contributed by atoms with Gasteiger partial charge in [-0.25, -0.2) is 0 Å². The van der Waals surface area contributed by atoms with Crippen LogP contribution in [-0.4, -0.2) is 5.78 Å². The molecule has 0 heterocycles. The molecule has 2 nitrogen and oxygen atoms in total. The second-order valence-corrected chi connectivity index (χ2v) is 6.34. The Morgan fingerprint density at radius 1 is 1.00 bits per heavy atom. The number of anilines is 1. The molecule has 1 aromatic rings. The Morgan fingerprint density at radius 2 is 1.60 bits per heavy atom. The summed E-state index contributed by atoms with van der Waals surface area (Å²) in [6.07, 6.45) is 10.7. The number of carbonyl (C=O) groups excluding carboxylic acids is 1. The van der Waals surface area contributed by atoms with Gasteiger partial charge in [0.05, 0.1) is 0 Å². The monoisotopic (exact) mass is 339 g/mol. The second kappa shape index (κ2) is 9.98. The molecule has 0 amide bonds. The molecule has 0 spiro atoms. The molecule has 0 aliphatic rings. The fraction of sp³-hybridized carbons (Fsp3) is 0.588. The minimum atomic E-state index is 0.198. The highest BCUT2D eigenvalue weighted by molar-refractivity contribution is 9.10. The molecular weight excluding hydrogens is 314 g/mol. The number of unbranched alkanes of at least 4 members (excludes halogenated alkanes) is 7. The third-order valence-electron chi connectivity index (χ3n) is 3.50. The zero-order chi connectivity index (χ0) is 14.8. The predicted octanol–water partition coefficient (Wildman–Crippen LogP) is 5.74. The maximum Gasteiger partial charge on any atom is 0.162 e.